The molecule has 19 heavy (non-hydrogen) atoms. The Kier molecular flexibility index (Phi) is 7.02. The van der Waals surface area contributed by atoms with Crippen LogP contribution in [0, 0.1) is 5.82 Å². The molecule has 5 heteroatoms. The van der Waals surface area contributed by atoms with E-state index in [9.17, 15) is 9.18 Å². The molecule has 0 amide bonds. The average Bonchev–Trinajstić information content (AvgIpc) is 2.38. The molecule has 0 saturated heterocycles. The topological polar surface area (TPSA) is 38.3 Å². The van der Waals surface area contributed by atoms with Crippen molar-refractivity contribution in [3.05, 3.63) is 34.1 Å². The monoisotopic (exact) mass is 331 g/mol. The summed E-state index contributed by atoms with van der Waals surface area (Å²) in [6, 6.07) is 5.07. The van der Waals surface area contributed by atoms with Gasteiger partial charge in [-0.2, -0.15) is 0 Å². The number of hydrogen-bond donors (Lipinski definition) is 1. The summed E-state index contributed by atoms with van der Waals surface area (Å²) >= 11 is 3.17. The second-order valence-electron chi connectivity index (χ2n) is 4.26. The third kappa shape index (κ3) is 5.70. The Morgan fingerprint density at radius 2 is 2.26 bits per heavy atom. The number of carbonyl (C=O) groups excluding carboxylic acids is 1. The highest BCUT2D eigenvalue weighted by molar-refractivity contribution is 9.10. The number of nitrogens with one attached hydrogen (secondary N) is 1. The zero-order chi connectivity index (χ0) is 14.3. The van der Waals surface area contributed by atoms with Crippen LogP contribution in [0.3, 0.4) is 0 Å². The van der Waals surface area contributed by atoms with Gasteiger partial charge >= 0.3 is 5.97 Å². The summed E-state index contributed by atoms with van der Waals surface area (Å²) in [7, 11) is 0. The zero-order valence-electron chi connectivity index (χ0n) is 11.2. The molecule has 0 spiro atoms. The average molecular weight is 332 g/mol. The van der Waals surface area contributed by atoms with E-state index in [0.29, 0.717) is 17.5 Å². The number of hydrogen-bond acceptors (Lipinski definition) is 3. The molecule has 0 heterocycles. The highest BCUT2D eigenvalue weighted by Gasteiger charge is 2.08. The minimum atomic E-state index is -0.265. The van der Waals surface area contributed by atoms with Crippen LogP contribution in [0.25, 0.3) is 0 Å². The molecule has 0 aromatic heterocycles. The van der Waals surface area contributed by atoms with Crippen molar-refractivity contribution < 1.29 is 13.9 Å². The lowest BCUT2D eigenvalue weighted by Gasteiger charge is -2.14. The van der Waals surface area contributed by atoms with E-state index in [1.54, 1.807) is 19.1 Å². The van der Waals surface area contributed by atoms with E-state index in [0.717, 1.165) is 18.5 Å². The van der Waals surface area contributed by atoms with Gasteiger partial charge in [0.05, 0.1) is 11.1 Å². The molecule has 1 aromatic carbocycles. The van der Waals surface area contributed by atoms with Gasteiger partial charge in [0.1, 0.15) is 5.82 Å². The van der Waals surface area contributed by atoms with Crippen LogP contribution in [-0.2, 0) is 9.53 Å². The van der Waals surface area contributed by atoms with Crippen molar-refractivity contribution in [1.82, 2.24) is 5.32 Å². The van der Waals surface area contributed by atoms with Crippen molar-refractivity contribution in [2.24, 2.45) is 0 Å². The summed E-state index contributed by atoms with van der Waals surface area (Å²) in [5.74, 6) is -0.431. The fourth-order valence-electron chi connectivity index (χ4n) is 1.68. The first-order chi connectivity index (χ1) is 9.04. The summed E-state index contributed by atoms with van der Waals surface area (Å²) < 4.78 is 18.4. The summed E-state index contributed by atoms with van der Waals surface area (Å²) in [5.41, 5.74) is 1.00. The lowest BCUT2D eigenvalue weighted by Crippen LogP contribution is -2.20. The van der Waals surface area contributed by atoms with Crippen molar-refractivity contribution in [2.45, 2.75) is 32.7 Å². The van der Waals surface area contributed by atoms with E-state index in [1.807, 2.05) is 6.92 Å². The first-order valence-electron chi connectivity index (χ1n) is 6.38. The van der Waals surface area contributed by atoms with Crippen LogP contribution in [0.2, 0.25) is 0 Å². The summed E-state index contributed by atoms with van der Waals surface area (Å²) in [6.45, 7) is 4.94. The molecule has 0 radical (unpaired) electrons. The molecular weight excluding hydrogens is 313 g/mol. The first-order valence-corrected chi connectivity index (χ1v) is 7.17. The molecule has 0 bridgehead atoms. The minimum absolute atomic E-state index is 0.110. The Hall–Kier alpha value is -0.940. The molecule has 1 rings (SSSR count). The van der Waals surface area contributed by atoms with Crippen LogP contribution in [0.15, 0.2) is 22.7 Å². The fourth-order valence-corrected chi connectivity index (χ4v) is 2.08. The van der Waals surface area contributed by atoms with Crippen LogP contribution in [-0.4, -0.2) is 19.1 Å². The van der Waals surface area contributed by atoms with Gasteiger partial charge in [-0.05, 0) is 60.4 Å². The Balaban J connectivity index is 2.33. The smallest absolute Gasteiger partial charge is 0.305 e. The normalized spacial score (nSPS) is 12.2. The zero-order valence-corrected chi connectivity index (χ0v) is 12.8. The third-order valence-electron chi connectivity index (χ3n) is 2.76. The van der Waals surface area contributed by atoms with Crippen LogP contribution >= 0.6 is 15.9 Å². The van der Waals surface area contributed by atoms with Gasteiger partial charge in [0, 0.05) is 12.5 Å². The van der Waals surface area contributed by atoms with Gasteiger partial charge in [-0.3, -0.25) is 4.79 Å². The predicted molar refractivity (Wildman–Crippen MR) is 76.4 cm³/mol. The lowest BCUT2D eigenvalue weighted by molar-refractivity contribution is -0.143. The molecular formula is C14H19BrFNO2. The predicted octanol–water partition coefficient (Wildman–Crippen LogP) is 3.58. The molecule has 0 aliphatic carbocycles. The highest BCUT2D eigenvalue weighted by atomic mass is 79.9. The molecule has 3 nitrogen and oxygen atoms in total. The second-order valence-corrected chi connectivity index (χ2v) is 5.11. The molecule has 1 aromatic rings. The van der Waals surface area contributed by atoms with E-state index in [-0.39, 0.29) is 17.8 Å². The van der Waals surface area contributed by atoms with Crippen molar-refractivity contribution in [3.63, 3.8) is 0 Å². The van der Waals surface area contributed by atoms with Crippen molar-refractivity contribution >= 4 is 21.9 Å². The van der Waals surface area contributed by atoms with E-state index in [1.165, 1.54) is 6.07 Å². The fraction of sp³-hybridized carbons (Fsp3) is 0.500. The summed E-state index contributed by atoms with van der Waals surface area (Å²) in [6.07, 6.45) is 1.15. The van der Waals surface area contributed by atoms with Crippen LogP contribution in [0.1, 0.15) is 38.3 Å². The number of carbonyl (C=O) groups is 1. The van der Waals surface area contributed by atoms with Crippen LogP contribution < -0.4 is 5.32 Å². The molecule has 106 valence electrons. The van der Waals surface area contributed by atoms with Gasteiger partial charge in [-0.15, -0.1) is 0 Å². The number of halogens is 2. The number of rotatable bonds is 7. The highest BCUT2D eigenvalue weighted by Crippen LogP contribution is 2.21. The maximum absolute atomic E-state index is 13.1. The molecule has 1 unspecified atom stereocenters. The minimum Gasteiger partial charge on any atom is -0.466 e. The van der Waals surface area contributed by atoms with Crippen molar-refractivity contribution in [3.8, 4) is 0 Å². The van der Waals surface area contributed by atoms with Gasteiger partial charge in [0.2, 0.25) is 0 Å². The molecule has 0 saturated carbocycles. The number of ether oxygens (including phenoxy) is 1. The maximum atomic E-state index is 13.1. The number of benzene rings is 1. The Labute approximate surface area is 121 Å². The molecule has 0 aliphatic rings. The van der Waals surface area contributed by atoms with E-state index in [2.05, 4.69) is 21.2 Å². The molecule has 1 atom stereocenters. The van der Waals surface area contributed by atoms with Crippen LogP contribution in [0.4, 0.5) is 4.39 Å². The molecule has 0 aliphatic heterocycles. The van der Waals surface area contributed by atoms with E-state index >= 15 is 0 Å². The first kappa shape index (κ1) is 16.1. The Morgan fingerprint density at radius 1 is 1.53 bits per heavy atom. The maximum Gasteiger partial charge on any atom is 0.305 e. The molecule has 1 N–H and O–H groups in total. The molecule has 0 fully saturated rings. The Bertz CT molecular complexity index is 426. The SMILES string of the molecule is CCOC(=O)CCCNC(C)c1ccc(F)c(Br)c1. The van der Waals surface area contributed by atoms with E-state index in [4.69, 9.17) is 4.74 Å². The van der Waals surface area contributed by atoms with Gasteiger partial charge < -0.3 is 10.1 Å². The van der Waals surface area contributed by atoms with Crippen molar-refractivity contribution in [2.75, 3.05) is 13.2 Å². The third-order valence-corrected chi connectivity index (χ3v) is 3.36. The number of esters is 1. The largest absolute Gasteiger partial charge is 0.466 e. The summed E-state index contributed by atoms with van der Waals surface area (Å²) in [4.78, 5) is 11.1. The lowest BCUT2D eigenvalue weighted by atomic mass is 10.1. The van der Waals surface area contributed by atoms with Gasteiger partial charge in [0.25, 0.3) is 0 Å². The quantitative estimate of drug-likeness (QED) is 0.613. The van der Waals surface area contributed by atoms with Gasteiger partial charge in [0.15, 0.2) is 0 Å². The van der Waals surface area contributed by atoms with Crippen molar-refractivity contribution in [1.29, 1.82) is 0 Å². The van der Waals surface area contributed by atoms with Gasteiger partial charge in [-0.25, -0.2) is 4.39 Å². The second kappa shape index (κ2) is 8.27. The van der Waals surface area contributed by atoms with Gasteiger partial charge in [-0.1, -0.05) is 6.07 Å². The standard InChI is InChI=1S/C14H19BrFNO2/c1-3-19-14(18)5-4-8-17-10(2)11-6-7-13(16)12(15)9-11/h6-7,9-10,17H,3-5,8H2,1-2H3. The summed E-state index contributed by atoms with van der Waals surface area (Å²) in [5, 5.41) is 3.29. The van der Waals surface area contributed by atoms with Crippen LogP contribution in [0.5, 0.6) is 0 Å². The van der Waals surface area contributed by atoms with E-state index < -0.39 is 0 Å². The Morgan fingerprint density at radius 3 is 2.89 bits per heavy atom.